The smallest absolute Gasteiger partial charge is 0.410 e. The minimum Gasteiger partial charge on any atom is -0.444 e. The van der Waals surface area contributed by atoms with Gasteiger partial charge in [-0.1, -0.05) is 13.8 Å². The number of aromatic nitrogens is 1. The molecule has 8 nitrogen and oxygen atoms in total. The van der Waals surface area contributed by atoms with Crippen LogP contribution in [-0.2, 0) is 19.9 Å². The molecule has 3 heterocycles. The van der Waals surface area contributed by atoms with Crippen LogP contribution in [-0.4, -0.2) is 51.6 Å². The number of piperidine rings is 2. The standard InChI is InChI=1S/C27H35N3O5/c1-16-11-21-17(12-18(14-28-21)19-7-8-22(31)29-23(19)32)13-20(16)27(34)9-10-30(15-26(27,5)6)24(33)35-25(2,3)4/h11-14,19,34H,7-10,15H2,1-6H3,(H,29,31,32). The van der Waals surface area contributed by atoms with Gasteiger partial charge in [0.15, 0.2) is 0 Å². The quantitative estimate of drug-likeness (QED) is 0.630. The summed E-state index contributed by atoms with van der Waals surface area (Å²) < 4.78 is 5.56. The fourth-order valence-corrected chi connectivity index (χ4v) is 5.25. The van der Waals surface area contributed by atoms with Crippen molar-refractivity contribution in [3.05, 3.63) is 41.1 Å². The molecule has 4 rings (SSSR count). The number of carbonyl (C=O) groups is 3. The number of likely N-dealkylation sites (tertiary alicyclic amines) is 1. The molecule has 2 saturated heterocycles. The molecule has 2 unspecified atom stereocenters. The molecule has 1 aromatic carbocycles. The molecular formula is C27H35N3O5. The summed E-state index contributed by atoms with van der Waals surface area (Å²) in [4.78, 5) is 42.8. The molecule has 0 aliphatic carbocycles. The van der Waals surface area contributed by atoms with Gasteiger partial charge in [0.25, 0.3) is 0 Å². The highest BCUT2D eigenvalue weighted by Crippen LogP contribution is 2.48. The van der Waals surface area contributed by atoms with E-state index in [-0.39, 0.29) is 17.9 Å². The van der Waals surface area contributed by atoms with Gasteiger partial charge in [-0.25, -0.2) is 4.79 Å². The molecular weight excluding hydrogens is 446 g/mol. The molecule has 35 heavy (non-hydrogen) atoms. The van der Waals surface area contributed by atoms with Gasteiger partial charge in [0.2, 0.25) is 11.8 Å². The van der Waals surface area contributed by atoms with Crippen molar-refractivity contribution < 1.29 is 24.2 Å². The number of ether oxygens (including phenoxy) is 1. The van der Waals surface area contributed by atoms with Crippen molar-refractivity contribution in [2.45, 2.75) is 77.9 Å². The maximum atomic E-state index is 12.7. The zero-order chi connectivity index (χ0) is 25.8. The molecule has 2 aliphatic heterocycles. The topological polar surface area (TPSA) is 109 Å². The van der Waals surface area contributed by atoms with Crippen LogP contribution in [0, 0.1) is 12.3 Å². The van der Waals surface area contributed by atoms with Crippen LogP contribution < -0.4 is 5.32 Å². The zero-order valence-corrected chi connectivity index (χ0v) is 21.4. The number of fused-ring (bicyclic) bond motifs is 1. The molecule has 0 radical (unpaired) electrons. The van der Waals surface area contributed by atoms with Gasteiger partial charge in [-0.05, 0) is 75.4 Å². The molecule has 2 N–H and O–H groups in total. The highest BCUT2D eigenvalue weighted by Gasteiger charge is 2.51. The normalized spacial score (nSPS) is 24.9. The average molecular weight is 482 g/mol. The van der Waals surface area contributed by atoms with Gasteiger partial charge in [-0.15, -0.1) is 0 Å². The lowest BCUT2D eigenvalue weighted by Gasteiger charge is -2.51. The number of nitrogens with one attached hydrogen (secondary N) is 1. The second-order valence-corrected chi connectivity index (χ2v) is 11.5. The summed E-state index contributed by atoms with van der Waals surface area (Å²) in [7, 11) is 0. The van der Waals surface area contributed by atoms with Crippen molar-refractivity contribution >= 4 is 28.8 Å². The van der Waals surface area contributed by atoms with Crippen LogP contribution in [0.15, 0.2) is 24.4 Å². The number of amides is 3. The Morgan fingerprint density at radius 3 is 2.57 bits per heavy atom. The number of hydrogen-bond acceptors (Lipinski definition) is 6. The maximum absolute atomic E-state index is 12.7. The minimum absolute atomic E-state index is 0.250. The first kappa shape index (κ1) is 25.1. The first-order valence-corrected chi connectivity index (χ1v) is 12.1. The minimum atomic E-state index is -1.17. The zero-order valence-electron chi connectivity index (χ0n) is 21.4. The number of hydrogen-bond donors (Lipinski definition) is 2. The molecule has 0 spiro atoms. The fourth-order valence-electron chi connectivity index (χ4n) is 5.25. The Labute approximate surface area is 206 Å². The maximum Gasteiger partial charge on any atom is 0.410 e. The number of rotatable bonds is 2. The lowest BCUT2D eigenvalue weighted by Crippen LogP contribution is -2.57. The second-order valence-electron chi connectivity index (χ2n) is 11.5. The van der Waals surface area contributed by atoms with Gasteiger partial charge in [0.1, 0.15) is 5.60 Å². The molecule has 2 fully saturated rings. The number of benzene rings is 1. The third kappa shape index (κ3) is 4.76. The van der Waals surface area contributed by atoms with Crippen LogP contribution in [0.4, 0.5) is 4.79 Å². The molecule has 2 atom stereocenters. The van der Waals surface area contributed by atoms with E-state index in [1.165, 1.54) is 0 Å². The number of pyridine rings is 1. The van der Waals surface area contributed by atoms with E-state index in [0.717, 1.165) is 27.6 Å². The molecule has 0 saturated carbocycles. The summed E-state index contributed by atoms with van der Waals surface area (Å²) in [5, 5.41) is 15.3. The summed E-state index contributed by atoms with van der Waals surface area (Å²) in [5.74, 6) is -0.977. The van der Waals surface area contributed by atoms with Crippen molar-refractivity contribution in [1.82, 2.24) is 15.2 Å². The van der Waals surface area contributed by atoms with E-state index in [9.17, 15) is 19.5 Å². The molecule has 0 bridgehead atoms. The highest BCUT2D eigenvalue weighted by atomic mass is 16.6. The predicted octanol–water partition coefficient (Wildman–Crippen LogP) is 3.92. The molecule has 2 aliphatic rings. The summed E-state index contributed by atoms with van der Waals surface area (Å²) in [6.45, 7) is 12.1. The second kappa shape index (κ2) is 8.59. The Morgan fingerprint density at radius 2 is 1.94 bits per heavy atom. The van der Waals surface area contributed by atoms with Gasteiger partial charge < -0.3 is 14.7 Å². The SMILES string of the molecule is Cc1cc2ncc(C3CCC(=O)NC3=O)cc2cc1C1(O)CCN(C(=O)OC(C)(C)C)CC1(C)C. The van der Waals surface area contributed by atoms with Crippen LogP contribution in [0.1, 0.15) is 76.5 Å². The van der Waals surface area contributed by atoms with Gasteiger partial charge in [0, 0.05) is 36.5 Å². The average Bonchev–Trinajstić information content (AvgIpc) is 2.73. The van der Waals surface area contributed by atoms with Gasteiger partial charge >= 0.3 is 6.09 Å². The third-order valence-electron chi connectivity index (χ3n) is 7.24. The van der Waals surface area contributed by atoms with E-state index >= 15 is 0 Å². The van der Waals surface area contributed by atoms with Gasteiger partial charge in [0.05, 0.1) is 17.0 Å². The van der Waals surface area contributed by atoms with Crippen molar-refractivity contribution in [3.63, 3.8) is 0 Å². The van der Waals surface area contributed by atoms with Gasteiger partial charge in [-0.2, -0.15) is 0 Å². The Morgan fingerprint density at radius 1 is 1.23 bits per heavy atom. The fraction of sp³-hybridized carbons (Fsp3) is 0.556. The summed E-state index contributed by atoms with van der Waals surface area (Å²) in [5.41, 5.74) is 0.833. The number of aliphatic hydroxyl groups is 1. The Hall–Kier alpha value is -3.00. The molecule has 3 amide bonds. The molecule has 2 aromatic rings. The monoisotopic (exact) mass is 481 g/mol. The summed E-state index contributed by atoms with van der Waals surface area (Å²) in [6.07, 6.45) is 2.44. The van der Waals surface area contributed by atoms with Crippen LogP contribution in [0.2, 0.25) is 0 Å². The molecule has 188 valence electrons. The Kier molecular flexibility index (Phi) is 6.16. The number of nitrogens with zero attached hydrogens (tertiary/aromatic N) is 2. The van der Waals surface area contributed by atoms with Crippen molar-refractivity contribution in [2.75, 3.05) is 13.1 Å². The van der Waals surface area contributed by atoms with Crippen LogP contribution >= 0.6 is 0 Å². The number of imide groups is 1. The predicted molar refractivity (Wildman–Crippen MR) is 132 cm³/mol. The van der Waals surface area contributed by atoms with E-state index < -0.39 is 22.5 Å². The third-order valence-corrected chi connectivity index (χ3v) is 7.24. The summed E-state index contributed by atoms with van der Waals surface area (Å²) >= 11 is 0. The first-order valence-electron chi connectivity index (χ1n) is 12.1. The number of carbonyl (C=O) groups excluding carboxylic acids is 3. The summed E-state index contributed by atoms with van der Waals surface area (Å²) in [6, 6.07) is 5.84. The lowest BCUT2D eigenvalue weighted by atomic mass is 9.65. The van der Waals surface area contributed by atoms with Crippen LogP contribution in [0.5, 0.6) is 0 Å². The van der Waals surface area contributed by atoms with Crippen LogP contribution in [0.3, 0.4) is 0 Å². The van der Waals surface area contributed by atoms with E-state index in [4.69, 9.17) is 4.74 Å². The van der Waals surface area contributed by atoms with Crippen molar-refractivity contribution in [3.8, 4) is 0 Å². The van der Waals surface area contributed by atoms with E-state index in [0.29, 0.717) is 32.4 Å². The van der Waals surface area contributed by atoms with Crippen molar-refractivity contribution in [1.29, 1.82) is 0 Å². The van der Waals surface area contributed by atoms with Crippen LogP contribution in [0.25, 0.3) is 10.9 Å². The Balaban J connectivity index is 1.66. The largest absolute Gasteiger partial charge is 0.444 e. The van der Waals surface area contributed by atoms with Crippen molar-refractivity contribution in [2.24, 2.45) is 5.41 Å². The van der Waals surface area contributed by atoms with E-state index in [2.05, 4.69) is 10.3 Å². The highest BCUT2D eigenvalue weighted by molar-refractivity contribution is 6.01. The van der Waals surface area contributed by atoms with E-state index in [1.807, 2.05) is 59.7 Å². The van der Waals surface area contributed by atoms with E-state index in [1.54, 1.807) is 11.1 Å². The first-order chi connectivity index (χ1) is 16.2. The molecule has 1 aromatic heterocycles. The van der Waals surface area contributed by atoms with Gasteiger partial charge in [-0.3, -0.25) is 19.9 Å². The molecule has 8 heteroatoms. The number of aryl methyl sites for hydroxylation is 1. The lowest BCUT2D eigenvalue weighted by molar-refractivity contribution is -0.134. The Bertz CT molecular complexity index is 1200.